The quantitative estimate of drug-likeness (QED) is 0.190. The molecule has 3 atom stereocenters. The van der Waals surface area contributed by atoms with Crippen LogP contribution in [0.15, 0.2) is 84.0 Å². The molecule has 3 heterocycles. The molecule has 0 spiro atoms. The van der Waals surface area contributed by atoms with Gasteiger partial charge < -0.3 is 0 Å². The number of halogens is 2. The first kappa shape index (κ1) is 27.5. The predicted octanol–water partition coefficient (Wildman–Crippen LogP) is 9.28. The van der Waals surface area contributed by atoms with Crippen LogP contribution in [-0.2, 0) is 0 Å². The van der Waals surface area contributed by atoms with Crippen molar-refractivity contribution in [3.05, 3.63) is 71.3 Å². The normalized spacial score (nSPS) is 22.2. The van der Waals surface area contributed by atoms with Crippen LogP contribution in [0, 0.1) is 20.8 Å². The molecule has 0 aliphatic carbocycles. The Kier molecular flexibility index (Phi) is 10.1. The third-order valence-electron chi connectivity index (χ3n) is 4.79. The van der Waals surface area contributed by atoms with Crippen molar-refractivity contribution < 1.29 is 0 Å². The van der Waals surface area contributed by atoms with Gasteiger partial charge in [0.05, 0.1) is 5.34 Å². The van der Waals surface area contributed by atoms with Crippen molar-refractivity contribution in [1.29, 1.82) is 0 Å². The summed E-state index contributed by atoms with van der Waals surface area (Å²) < 4.78 is 3.20. The Hall–Kier alpha value is 1.98. The topological polar surface area (TPSA) is 3.24 Å². The van der Waals surface area contributed by atoms with Crippen molar-refractivity contribution in [1.82, 2.24) is 1.65 Å². The second-order valence-electron chi connectivity index (χ2n) is 7.48. The number of fused-ring (bicyclic) bond motifs is 3. The number of rotatable bonds is 3. The van der Waals surface area contributed by atoms with Crippen molar-refractivity contribution >= 4 is 121 Å². The van der Waals surface area contributed by atoms with E-state index in [1.807, 2.05) is 0 Å². The van der Waals surface area contributed by atoms with Crippen LogP contribution in [0.1, 0.15) is 16.7 Å². The minimum atomic E-state index is -1.27. The largest absolute Gasteiger partial charge is 0.109 e. The van der Waals surface area contributed by atoms with Crippen LogP contribution < -0.4 is 0 Å². The number of benzene rings is 3. The molecule has 178 valence electrons. The number of hydrogen-bond donors (Lipinski definition) is 0. The van der Waals surface area contributed by atoms with E-state index >= 15 is 0 Å². The number of nitrogens with zero attached hydrogens (tertiary/aromatic N) is 1. The number of hydrogen-bond acceptors (Lipinski definition) is 7. The van der Waals surface area contributed by atoms with E-state index in [2.05, 4.69) is 137 Å². The number of aryl methyl sites for hydroxylation is 3. The van der Waals surface area contributed by atoms with Gasteiger partial charge in [-0.05, 0) is 0 Å². The Bertz CT molecular complexity index is 1070. The molecule has 0 N–H and O–H groups in total. The summed E-state index contributed by atoms with van der Waals surface area (Å²) in [4.78, 5) is 9.24. The van der Waals surface area contributed by atoms with Gasteiger partial charge in [0.1, 0.15) is 0 Å². The molecule has 3 aromatic rings. The fourth-order valence-corrected chi connectivity index (χ4v) is 92.5. The van der Waals surface area contributed by atoms with Gasteiger partial charge in [-0.1, -0.05) is 0 Å². The van der Waals surface area contributed by atoms with Crippen LogP contribution in [0.25, 0.3) is 0 Å². The summed E-state index contributed by atoms with van der Waals surface area (Å²) in [6.07, 6.45) is 0. The summed E-state index contributed by atoms with van der Waals surface area (Å²) in [5, 5.41) is 0.194. The second kappa shape index (κ2) is 12.4. The molecule has 0 amide bonds. The first-order chi connectivity index (χ1) is 16.4. The molecule has 0 saturated carbocycles. The molecule has 0 aromatic heterocycles. The van der Waals surface area contributed by atoms with Crippen LogP contribution in [0.2, 0.25) is 0 Å². The van der Waals surface area contributed by atoms with E-state index in [1.54, 1.807) is 14.7 Å². The average Bonchev–Trinajstić information content (AvgIpc) is 3.50. The minimum absolute atomic E-state index is 0.194. The fourth-order valence-electron chi connectivity index (χ4n) is 3.24. The molecule has 1 nitrogen and oxygen atoms in total. The maximum atomic E-state index is 4.76. The zero-order valence-corrected chi connectivity index (χ0v) is 30.4. The van der Waals surface area contributed by atoms with E-state index < -0.39 is 37.7 Å². The van der Waals surface area contributed by atoms with Gasteiger partial charge in [0.25, 0.3) is 0 Å². The van der Waals surface area contributed by atoms with Crippen molar-refractivity contribution in [3.8, 4) is 0 Å². The van der Waals surface area contributed by atoms with Crippen molar-refractivity contribution in [2.24, 2.45) is 0 Å². The maximum absolute atomic E-state index is 4.76. The minimum Gasteiger partial charge on any atom is -0.109 e. The van der Waals surface area contributed by atoms with Gasteiger partial charge in [0.2, 0.25) is 0 Å². The van der Waals surface area contributed by atoms with Gasteiger partial charge in [0.15, 0.2) is 0 Å². The third-order valence-corrected chi connectivity index (χ3v) is 64.7. The van der Waals surface area contributed by atoms with Crippen molar-refractivity contribution in [3.63, 3.8) is 0 Å². The van der Waals surface area contributed by atoms with Crippen LogP contribution in [-0.4, -0.2) is 44.7 Å². The molecule has 3 unspecified atom stereocenters. The Morgan fingerprint density at radius 3 is 1.09 bits per heavy atom. The summed E-state index contributed by atoms with van der Waals surface area (Å²) >= 11 is 5.72. The molecule has 0 saturated heterocycles. The van der Waals surface area contributed by atoms with Crippen molar-refractivity contribution in [2.75, 3.05) is 5.34 Å². The van der Waals surface area contributed by atoms with Crippen LogP contribution in [0.3, 0.4) is 0 Å². The Morgan fingerprint density at radius 2 is 0.794 bits per heavy atom. The van der Waals surface area contributed by atoms with Gasteiger partial charge >= 0.3 is 221 Å². The molecule has 12 heteroatoms. The summed E-state index contributed by atoms with van der Waals surface area (Å²) in [5.74, 6) is 0. The van der Waals surface area contributed by atoms with Gasteiger partial charge in [-0.25, -0.2) is 0 Å². The molecule has 34 heavy (non-hydrogen) atoms. The number of alkyl halides is 2. The van der Waals surface area contributed by atoms with Gasteiger partial charge in [0, 0.05) is 0 Å². The smallest absolute Gasteiger partial charge is 0.0967 e. The molecule has 3 aliphatic rings. The third kappa shape index (κ3) is 6.24. The van der Waals surface area contributed by atoms with Crippen LogP contribution >= 0.6 is 83.3 Å². The van der Waals surface area contributed by atoms with Crippen LogP contribution in [0.4, 0.5) is 0 Å². The first-order valence-electron chi connectivity index (χ1n) is 10.2. The fraction of sp³-hybridized carbons (Fsp3) is 0.182. The molecular weight excluding hydrogens is 766 g/mol. The molecule has 0 fully saturated rings. The summed E-state index contributed by atoms with van der Waals surface area (Å²) in [6, 6.07) is 21.3. The van der Waals surface area contributed by atoms with E-state index in [0.717, 1.165) is 0 Å². The SMILES string of the molecule is Cc1ccc2c(c1)S[As](N([As]1Sc3ccc(C)cc3S1)[As]1Sc3ccc(C)cc3S1)S2.ClCCl. The molecule has 6 rings (SSSR count). The predicted molar refractivity (Wildman–Crippen MR) is 164 cm³/mol. The Balaban J connectivity index is 0.000000764. The van der Waals surface area contributed by atoms with Gasteiger partial charge in [-0.2, -0.15) is 0 Å². The zero-order chi connectivity index (χ0) is 23.8. The summed E-state index contributed by atoms with van der Waals surface area (Å²) in [6.45, 7) is 6.69. The Labute approximate surface area is 246 Å². The molecule has 0 bridgehead atoms. The van der Waals surface area contributed by atoms with E-state index in [-0.39, 0.29) is 5.34 Å². The monoisotopic (exact) mass is 785 g/mol. The van der Waals surface area contributed by atoms with Crippen LogP contribution in [0.5, 0.6) is 0 Å². The molecule has 3 aliphatic heterocycles. The summed E-state index contributed by atoms with van der Waals surface area (Å²) in [7, 11) is 13.5. The van der Waals surface area contributed by atoms with Gasteiger partial charge in [-0.15, -0.1) is 23.2 Å². The first-order valence-corrected chi connectivity index (χ1v) is 32.2. The zero-order valence-electron chi connectivity index (χ0n) is 18.4. The van der Waals surface area contributed by atoms with E-state index in [1.165, 1.54) is 31.4 Å². The summed E-state index contributed by atoms with van der Waals surface area (Å²) in [5.41, 5.74) is 4.18. The average molecular weight is 786 g/mol. The van der Waals surface area contributed by atoms with Gasteiger partial charge in [-0.3, -0.25) is 0 Å². The Morgan fingerprint density at radius 1 is 0.529 bits per heavy atom. The van der Waals surface area contributed by atoms with E-state index in [9.17, 15) is 0 Å². The molecular formula is C22H20As3Cl2NS6. The van der Waals surface area contributed by atoms with E-state index in [0.29, 0.717) is 0 Å². The maximum Gasteiger partial charge on any atom is 0.0967 e. The second-order valence-corrected chi connectivity index (χ2v) is 43.3. The molecule has 0 radical (unpaired) electrons. The van der Waals surface area contributed by atoms with E-state index in [4.69, 9.17) is 23.2 Å². The van der Waals surface area contributed by atoms with Crippen molar-refractivity contribution in [2.45, 2.75) is 50.1 Å². The molecule has 3 aromatic carbocycles. The standard InChI is InChI=1S/C21H18As3NS6.CH2Cl2/c1-13-4-7-16-19(10-13)29-22(26-16)25(23-27-17-8-5-14(2)11-20(17)30-23)24-28-18-9-6-15(3)12-21(18)31-24;2-1-3/h4-12H,1-3H3;1H2.